The van der Waals surface area contributed by atoms with E-state index in [1.807, 2.05) is 20.0 Å². The van der Waals surface area contributed by atoms with Crippen LogP contribution in [-0.2, 0) is 12.3 Å². The third kappa shape index (κ3) is 4.50. The number of pyridine rings is 1. The maximum absolute atomic E-state index is 12.9. The van der Waals surface area contributed by atoms with E-state index in [9.17, 15) is 4.39 Å². The van der Waals surface area contributed by atoms with Gasteiger partial charge in [-0.3, -0.25) is 4.98 Å². The second-order valence-electron chi connectivity index (χ2n) is 5.69. The minimum Gasteiger partial charge on any atom is -0.496 e. The second-order valence-corrected chi connectivity index (χ2v) is 7.89. The normalized spacial score (nSPS) is 10.8. The molecule has 8 heteroatoms. The van der Waals surface area contributed by atoms with Gasteiger partial charge in [-0.15, -0.1) is 10.2 Å². The van der Waals surface area contributed by atoms with Gasteiger partial charge in [0.25, 0.3) is 0 Å². The van der Waals surface area contributed by atoms with Crippen molar-refractivity contribution in [1.82, 2.24) is 15.2 Å². The van der Waals surface area contributed by atoms with E-state index >= 15 is 0 Å². The molecular formula is C18H19FN4OS2. The number of thioether (sulfide) groups is 1. The van der Waals surface area contributed by atoms with Crippen molar-refractivity contribution >= 4 is 28.2 Å². The van der Waals surface area contributed by atoms with Crippen molar-refractivity contribution in [2.45, 2.75) is 30.5 Å². The van der Waals surface area contributed by atoms with Crippen molar-refractivity contribution in [3.8, 4) is 5.75 Å². The van der Waals surface area contributed by atoms with Crippen LogP contribution in [0.15, 0.2) is 34.8 Å². The van der Waals surface area contributed by atoms with E-state index in [1.54, 1.807) is 31.0 Å². The highest BCUT2D eigenvalue weighted by Crippen LogP contribution is 2.31. The molecule has 1 aromatic carbocycles. The molecule has 3 rings (SSSR count). The van der Waals surface area contributed by atoms with Gasteiger partial charge in [-0.2, -0.15) is 0 Å². The number of aryl methyl sites for hydroxylation is 1. The average molecular weight is 391 g/mol. The standard InChI is InChI=1S/C18H19FN4OS2/c1-11-8-20-15(12(2)16(11)24-3)10-25-18-23-22-17(26-18)21-9-13-4-6-14(19)7-5-13/h4-8H,9-10H2,1-3H3,(H,21,22). The van der Waals surface area contributed by atoms with Crippen molar-refractivity contribution in [2.75, 3.05) is 12.4 Å². The van der Waals surface area contributed by atoms with Crippen LogP contribution in [0.5, 0.6) is 5.75 Å². The molecular weight excluding hydrogens is 371 g/mol. The van der Waals surface area contributed by atoms with E-state index in [-0.39, 0.29) is 5.82 Å². The van der Waals surface area contributed by atoms with E-state index in [1.165, 1.54) is 23.5 Å². The third-order valence-corrected chi connectivity index (χ3v) is 5.87. The summed E-state index contributed by atoms with van der Waals surface area (Å²) in [5.74, 6) is 1.35. The van der Waals surface area contributed by atoms with Crippen LogP contribution in [-0.4, -0.2) is 22.3 Å². The number of nitrogens with zero attached hydrogens (tertiary/aromatic N) is 3. The van der Waals surface area contributed by atoms with Crippen LogP contribution >= 0.6 is 23.1 Å². The van der Waals surface area contributed by atoms with Crippen LogP contribution < -0.4 is 10.1 Å². The van der Waals surface area contributed by atoms with Crippen molar-refractivity contribution in [3.05, 3.63) is 58.7 Å². The smallest absolute Gasteiger partial charge is 0.206 e. The van der Waals surface area contributed by atoms with E-state index in [0.717, 1.165) is 37.6 Å². The molecule has 1 N–H and O–H groups in total. The predicted octanol–water partition coefficient (Wildman–Crippen LogP) is 4.60. The molecule has 3 aromatic rings. The van der Waals surface area contributed by atoms with Gasteiger partial charge in [0.05, 0.1) is 12.8 Å². The van der Waals surface area contributed by atoms with Crippen LogP contribution in [0.1, 0.15) is 22.4 Å². The number of halogens is 1. The SMILES string of the molecule is COc1c(C)cnc(CSc2nnc(NCc3ccc(F)cc3)s2)c1C. The molecule has 136 valence electrons. The van der Waals surface area contributed by atoms with Gasteiger partial charge >= 0.3 is 0 Å². The van der Waals surface area contributed by atoms with Crippen molar-refractivity contribution in [3.63, 3.8) is 0 Å². The molecule has 0 aliphatic rings. The quantitative estimate of drug-likeness (QED) is 0.595. The first-order valence-electron chi connectivity index (χ1n) is 8.00. The van der Waals surface area contributed by atoms with Gasteiger partial charge in [0.2, 0.25) is 5.13 Å². The van der Waals surface area contributed by atoms with Gasteiger partial charge in [-0.05, 0) is 31.5 Å². The number of nitrogens with one attached hydrogen (secondary N) is 1. The maximum atomic E-state index is 12.9. The lowest BCUT2D eigenvalue weighted by Gasteiger charge is -2.11. The molecule has 0 amide bonds. The lowest BCUT2D eigenvalue weighted by molar-refractivity contribution is 0.407. The predicted molar refractivity (Wildman–Crippen MR) is 103 cm³/mol. The first kappa shape index (κ1) is 18.6. The van der Waals surface area contributed by atoms with Gasteiger partial charge in [-0.1, -0.05) is 35.2 Å². The summed E-state index contributed by atoms with van der Waals surface area (Å²) < 4.78 is 19.2. The Balaban J connectivity index is 1.58. The lowest BCUT2D eigenvalue weighted by atomic mass is 10.1. The number of ether oxygens (including phenoxy) is 1. The van der Waals surface area contributed by atoms with E-state index in [2.05, 4.69) is 20.5 Å². The number of anilines is 1. The van der Waals surface area contributed by atoms with Crippen LogP contribution in [0.4, 0.5) is 9.52 Å². The Bertz CT molecular complexity index is 883. The molecule has 0 saturated heterocycles. The summed E-state index contributed by atoms with van der Waals surface area (Å²) in [6, 6.07) is 6.39. The van der Waals surface area contributed by atoms with Crippen molar-refractivity contribution in [1.29, 1.82) is 0 Å². The summed E-state index contributed by atoms with van der Waals surface area (Å²) in [5, 5.41) is 12.3. The Morgan fingerprint density at radius 3 is 2.69 bits per heavy atom. The number of methoxy groups -OCH3 is 1. The molecule has 0 aliphatic carbocycles. The molecule has 0 spiro atoms. The Morgan fingerprint density at radius 2 is 1.96 bits per heavy atom. The monoisotopic (exact) mass is 390 g/mol. The van der Waals surface area contributed by atoms with Gasteiger partial charge < -0.3 is 10.1 Å². The topological polar surface area (TPSA) is 59.9 Å². The summed E-state index contributed by atoms with van der Waals surface area (Å²) in [4.78, 5) is 4.50. The minimum absolute atomic E-state index is 0.236. The molecule has 0 unspecified atom stereocenters. The fraction of sp³-hybridized carbons (Fsp3) is 0.278. The second kappa shape index (κ2) is 8.46. The van der Waals surface area contributed by atoms with Gasteiger partial charge in [-0.25, -0.2) is 4.39 Å². The highest BCUT2D eigenvalue weighted by atomic mass is 32.2. The number of benzene rings is 1. The average Bonchev–Trinajstić information content (AvgIpc) is 3.09. The molecule has 0 fully saturated rings. The van der Waals surface area contributed by atoms with Gasteiger partial charge in [0, 0.05) is 29.6 Å². The largest absolute Gasteiger partial charge is 0.496 e. The van der Waals surface area contributed by atoms with E-state index < -0.39 is 0 Å². The zero-order valence-electron chi connectivity index (χ0n) is 14.7. The third-order valence-electron chi connectivity index (χ3n) is 3.85. The zero-order valence-corrected chi connectivity index (χ0v) is 16.4. The first-order chi connectivity index (χ1) is 12.6. The fourth-order valence-corrected chi connectivity index (χ4v) is 4.24. The molecule has 0 atom stereocenters. The highest BCUT2D eigenvalue weighted by molar-refractivity contribution is 8.00. The summed E-state index contributed by atoms with van der Waals surface area (Å²) in [6.45, 7) is 4.58. The Hall–Kier alpha value is -2.19. The first-order valence-corrected chi connectivity index (χ1v) is 9.80. The molecule has 26 heavy (non-hydrogen) atoms. The van der Waals surface area contributed by atoms with Crippen molar-refractivity contribution in [2.24, 2.45) is 0 Å². The summed E-state index contributed by atoms with van der Waals surface area (Å²) >= 11 is 3.08. The summed E-state index contributed by atoms with van der Waals surface area (Å²) in [7, 11) is 1.68. The number of aromatic nitrogens is 3. The molecule has 0 saturated carbocycles. The van der Waals surface area contributed by atoms with E-state index in [4.69, 9.17) is 4.74 Å². The van der Waals surface area contributed by atoms with Crippen LogP contribution in [0.3, 0.4) is 0 Å². The molecule has 5 nitrogen and oxygen atoms in total. The number of rotatable bonds is 7. The van der Waals surface area contributed by atoms with E-state index in [0.29, 0.717) is 12.3 Å². The summed E-state index contributed by atoms with van der Waals surface area (Å²) in [6.07, 6.45) is 1.83. The molecule has 0 aliphatic heterocycles. The Labute approximate surface area is 160 Å². The van der Waals surface area contributed by atoms with Crippen molar-refractivity contribution < 1.29 is 9.13 Å². The lowest BCUT2D eigenvalue weighted by Crippen LogP contribution is -1.98. The molecule has 2 heterocycles. The Morgan fingerprint density at radius 1 is 1.19 bits per heavy atom. The zero-order chi connectivity index (χ0) is 18.5. The maximum Gasteiger partial charge on any atom is 0.206 e. The fourth-order valence-electron chi connectivity index (χ4n) is 2.47. The molecule has 0 bridgehead atoms. The van der Waals surface area contributed by atoms with Crippen LogP contribution in [0, 0.1) is 19.7 Å². The summed E-state index contributed by atoms with van der Waals surface area (Å²) in [5.41, 5.74) is 4.05. The van der Waals surface area contributed by atoms with Crippen LogP contribution in [0.2, 0.25) is 0 Å². The van der Waals surface area contributed by atoms with Gasteiger partial charge in [0.1, 0.15) is 11.6 Å². The Kier molecular flexibility index (Phi) is 6.05. The number of hydrogen-bond donors (Lipinski definition) is 1. The number of hydrogen-bond acceptors (Lipinski definition) is 7. The highest BCUT2D eigenvalue weighted by Gasteiger charge is 2.11. The van der Waals surface area contributed by atoms with Crippen LogP contribution in [0.25, 0.3) is 0 Å². The molecule has 2 aromatic heterocycles. The minimum atomic E-state index is -0.236. The van der Waals surface area contributed by atoms with Gasteiger partial charge in [0.15, 0.2) is 4.34 Å². The molecule has 0 radical (unpaired) electrons.